The van der Waals surface area contributed by atoms with Crippen LogP contribution >= 0.6 is 0 Å². The number of ether oxygens (including phenoxy) is 1. The molecule has 2 N–H and O–H groups in total. The van der Waals surface area contributed by atoms with Crippen molar-refractivity contribution in [2.75, 3.05) is 6.61 Å². The van der Waals surface area contributed by atoms with E-state index in [1.807, 2.05) is 0 Å². The largest absolute Gasteiger partial charge is 0.466 e. The summed E-state index contributed by atoms with van der Waals surface area (Å²) >= 11 is 0. The standard InChI is InChI=1S/C17H27N3O5/c1-4-6-12-9-13(7-5-8-21)16(15(12)22)25-17-14(20(23)24)10(2)18-11(3)19-17/h12-13,15-16,21-22H,4-9H2,1-3H3/t12-,13-,15-,16+/m0/s1/i21T. The highest BCUT2D eigenvalue weighted by Gasteiger charge is 2.44. The van der Waals surface area contributed by atoms with Crippen LogP contribution in [0.2, 0.25) is 0 Å². The molecule has 0 saturated heterocycles. The normalized spacial score (nSPS) is 26.5. The van der Waals surface area contributed by atoms with Gasteiger partial charge in [0.15, 0.2) is 0 Å². The fourth-order valence-corrected chi connectivity index (χ4v) is 3.76. The Hall–Kier alpha value is -1.80. The number of nitrogens with zero attached hydrogens (tertiary/aromatic N) is 3. The van der Waals surface area contributed by atoms with E-state index >= 15 is 0 Å². The maximum Gasteiger partial charge on any atom is 0.351 e. The zero-order valence-corrected chi connectivity index (χ0v) is 15.0. The summed E-state index contributed by atoms with van der Waals surface area (Å²) in [4.78, 5) is 19.0. The van der Waals surface area contributed by atoms with Crippen LogP contribution in [0.3, 0.4) is 0 Å². The maximum atomic E-state index is 11.4. The van der Waals surface area contributed by atoms with Crippen LogP contribution in [0.15, 0.2) is 0 Å². The van der Waals surface area contributed by atoms with Crippen molar-refractivity contribution in [1.82, 2.24) is 9.97 Å². The predicted molar refractivity (Wildman–Crippen MR) is 91.4 cm³/mol. The number of aliphatic hydroxyl groups is 2. The molecule has 2 rings (SSSR count). The number of rotatable bonds is 9. The van der Waals surface area contributed by atoms with Gasteiger partial charge in [0.2, 0.25) is 1.43 Å². The van der Waals surface area contributed by atoms with E-state index < -0.39 is 17.1 Å². The number of hydrogen-bond donors (Lipinski definition) is 2. The van der Waals surface area contributed by atoms with E-state index in [4.69, 9.17) is 6.17 Å². The lowest BCUT2D eigenvalue weighted by Gasteiger charge is -2.23. The smallest absolute Gasteiger partial charge is 0.351 e. The zero-order chi connectivity index (χ0) is 19.3. The number of aryl methyl sites for hydroxylation is 2. The van der Waals surface area contributed by atoms with Gasteiger partial charge >= 0.3 is 5.69 Å². The van der Waals surface area contributed by atoms with Crippen molar-refractivity contribution in [3.63, 3.8) is 0 Å². The summed E-state index contributed by atoms with van der Waals surface area (Å²) in [6.07, 6.45) is 2.73. The third-order valence-corrected chi connectivity index (χ3v) is 4.84. The Labute approximate surface area is 148 Å². The third kappa shape index (κ3) is 4.43. The quantitative estimate of drug-likeness (QED) is 0.396. The summed E-state index contributed by atoms with van der Waals surface area (Å²) < 4.78 is 12.7. The second kappa shape index (κ2) is 8.53. The molecule has 1 aromatic rings. The molecule has 140 valence electrons. The van der Waals surface area contributed by atoms with E-state index in [0.717, 1.165) is 25.7 Å². The van der Waals surface area contributed by atoms with Crippen LogP contribution in [0.4, 0.5) is 5.69 Å². The SMILES string of the molecule is [3H]OCCC[C@H]1C[C@H](CCC)[C@H](O)[C@@H]1Oc1nc(C)nc(C)c1[N+](=O)[O-]. The van der Waals surface area contributed by atoms with Gasteiger partial charge in [-0.05, 0) is 51.4 Å². The van der Waals surface area contributed by atoms with E-state index in [-0.39, 0.29) is 29.1 Å². The second-order valence-corrected chi connectivity index (χ2v) is 6.73. The Bertz CT molecular complexity index is 631. The van der Waals surface area contributed by atoms with Crippen LogP contribution in [-0.4, -0.2) is 45.4 Å². The van der Waals surface area contributed by atoms with Gasteiger partial charge in [0, 0.05) is 6.61 Å². The van der Waals surface area contributed by atoms with Gasteiger partial charge in [0.1, 0.15) is 17.6 Å². The van der Waals surface area contributed by atoms with Crippen LogP contribution in [0, 0.1) is 35.8 Å². The molecular formula is C17H27N3O5. The first kappa shape index (κ1) is 18.0. The third-order valence-electron chi connectivity index (χ3n) is 4.84. The van der Waals surface area contributed by atoms with Crippen LogP contribution in [0.5, 0.6) is 5.88 Å². The van der Waals surface area contributed by atoms with E-state index in [0.29, 0.717) is 18.9 Å². The van der Waals surface area contributed by atoms with Crippen molar-refractivity contribution >= 4 is 5.69 Å². The van der Waals surface area contributed by atoms with E-state index in [2.05, 4.69) is 22.0 Å². The van der Waals surface area contributed by atoms with Gasteiger partial charge in [-0.25, -0.2) is 4.98 Å². The highest BCUT2D eigenvalue weighted by atomic mass is 16.6. The molecule has 8 heteroatoms. The lowest BCUT2D eigenvalue weighted by molar-refractivity contribution is -0.387. The minimum Gasteiger partial charge on any atom is -0.466 e. The van der Waals surface area contributed by atoms with Crippen LogP contribution in [0.25, 0.3) is 0 Å². The molecule has 0 unspecified atom stereocenters. The van der Waals surface area contributed by atoms with E-state index in [9.17, 15) is 15.2 Å². The number of aliphatic hydroxyl groups excluding tert-OH is 2. The lowest BCUT2D eigenvalue weighted by atomic mass is 9.97. The average molecular weight is 355 g/mol. The molecule has 1 aliphatic rings. The molecule has 0 aliphatic heterocycles. The summed E-state index contributed by atoms with van der Waals surface area (Å²) in [6.45, 7) is 5.57. The molecule has 0 amide bonds. The lowest BCUT2D eigenvalue weighted by Crippen LogP contribution is -2.34. The van der Waals surface area contributed by atoms with E-state index in [1.165, 1.54) is 0 Å². The second-order valence-electron chi connectivity index (χ2n) is 6.73. The molecule has 0 spiro atoms. The highest BCUT2D eigenvalue weighted by Crippen LogP contribution is 2.40. The van der Waals surface area contributed by atoms with Gasteiger partial charge in [-0.1, -0.05) is 13.3 Å². The molecule has 1 aromatic heterocycles. The Morgan fingerprint density at radius 2 is 2.12 bits per heavy atom. The first-order chi connectivity index (χ1) is 12.4. The van der Waals surface area contributed by atoms with Gasteiger partial charge < -0.3 is 15.0 Å². The molecule has 1 heterocycles. The number of aromatic nitrogens is 2. The zero-order valence-electron chi connectivity index (χ0n) is 16.0. The minimum absolute atomic E-state index is 0.0341. The topological polar surface area (TPSA) is 119 Å². The molecule has 0 radical (unpaired) electrons. The van der Waals surface area contributed by atoms with Crippen molar-refractivity contribution in [2.24, 2.45) is 11.8 Å². The average Bonchev–Trinajstić information content (AvgIpc) is 2.83. The van der Waals surface area contributed by atoms with Gasteiger partial charge in [0.05, 0.1) is 11.0 Å². The number of hydrogen-bond acceptors (Lipinski definition) is 7. The van der Waals surface area contributed by atoms with Crippen LogP contribution in [-0.2, 0) is 0 Å². The first-order valence-electron chi connectivity index (χ1n) is 9.22. The molecule has 8 nitrogen and oxygen atoms in total. The highest BCUT2D eigenvalue weighted by molar-refractivity contribution is 5.45. The Morgan fingerprint density at radius 3 is 2.76 bits per heavy atom. The van der Waals surface area contributed by atoms with Gasteiger partial charge in [-0.2, -0.15) is 4.98 Å². The van der Waals surface area contributed by atoms with Crippen molar-refractivity contribution in [2.45, 2.75) is 65.1 Å². The van der Waals surface area contributed by atoms with Gasteiger partial charge in [-0.3, -0.25) is 10.1 Å². The van der Waals surface area contributed by atoms with Crippen molar-refractivity contribution < 1.29 is 19.9 Å². The number of nitro groups is 1. The summed E-state index contributed by atoms with van der Waals surface area (Å²) in [6, 6.07) is 0. The molecule has 0 aromatic carbocycles. The maximum absolute atomic E-state index is 11.4. The molecular weight excluding hydrogens is 326 g/mol. The summed E-state index contributed by atoms with van der Waals surface area (Å²) in [5.74, 6) is 0.435. The fraction of sp³-hybridized carbons (Fsp3) is 0.765. The van der Waals surface area contributed by atoms with Crippen LogP contribution in [0.1, 0.15) is 50.5 Å². The molecule has 0 bridgehead atoms. The fourth-order valence-electron chi connectivity index (χ4n) is 3.76. The minimum atomic E-state index is -0.702. The Kier molecular flexibility index (Phi) is 6.14. The molecule has 4 atom stereocenters. The van der Waals surface area contributed by atoms with Crippen LogP contribution < -0.4 is 4.74 Å². The Balaban J connectivity index is 2.27. The van der Waals surface area contributed by atoms with Crippen molar-refractivity contribution in [3.8, 4) is 5.88 Å². The molecule has 1 saturated carbocycles. The molecule has 1 aliphatic carbocycles. The van der Waals surface area contributed by atoms with Gasteiger partial charge in [0.25, 0.3) is 5.88 Å². The molecule has 1 fully saturated rings. The first-order valence-corrected chi connectivity index (χ1v) is 8.81. The van der Waals surface area contributed by atoms with Gasteiger partial charge in [-0.15, -0.1) is 0 Å². The monoisotopic (exact) mass is 355 g/mol. The summed E-state index contributed by atoms with van der Waals surface area (Å²) in [5.41, 5.74) is -0.00997. The molecule has 25 heavy (non-hydrogen) atoms. The summed E-state index contributed by atoms with van der Waals surface area (Å²) in [7, 11) is 0. The Morgan fingerprint density at radius 1 is 1.36 bits per heavy atom. The predicted octanol–water partition coefficient (Wildman–Crippen LogP) is 2.32. The summed E-state index contributed by atoms with van der Waals surface area (Å²) in [5, 5.41) is 26.5. The van der Waals surface area contributed by atoms with Crippen molar-refractivity contribution in [3.05, 3.63) is 21.6 Å². The van der Waals surface area contributed by atoms with E-state index in [1.54, 1.807) is 13.8 Å². The van der Waals surface area contributed by atoms with Crippen molar-refractivity contribution in [1.29, 1.82) is 1.43 Å².